The van der Waals surface area contributed by atoms with Gasteiger partial charge in [0.2, 0.25) is 0 Å². The Hall–Kier alpha value is -5.31. The van der Waals surface area contributed by atoms with E-state index < -0.39 is 12.1 Å². The van der Waals surface area contributed by atoms with E-state index in [1.807, 2.05) is 72.8 Å². The second-order valence-electron chi connectivity index (χ2n) is 9.76. The molecule has 0 aliphatic rings. The highest BCUT2D eigenvalue weighted by Gasteiger charge is 2.15. The highest BCUT2D eigenvalue weighted by molar-refractivity contribution is 5.91. The predicted octanol–water partition coefficient (Wildman–Crippen LogP) is 6.72. The summed E-state index contributed by atoms with van der Waals surface area (Å²) in [6, 6.07) is 30.0. The zero-order valence-corrected chi connectivity index (χ0v) is 23.6. The molecule has 42 heavy (non-hydrogen) atoms. The fourth-order valence-electron chi connectivity index (χ4n) is 4.03. The van der Waals surface area contributed by atoms with Crippen LogP contribution in [0.3, 0.4) is 0 Å². The Morgan fingerprint density at radius 1 is 0.786 bits per heavy atom. The maximum Gasteiger partial charge on any atom is 0.404 e. The number of carbonyl (C=O) groups is 2. The number of nitrogens with zero attached hydrogens (tertiary/aromatic N) is 1. The molecule has 0 aliphatic heterocycles. The van der Waals surface area contributed by atoms with Crippen LogP contribution in [-0.4, -0.2) is 18.3 Å². The van der Waals surface area contributed by atoms with Gasteiger partial charge >= 0.3 is 12.1 Å². The molecule has 3 amide bonds. The maximum atomic E-state index is 12.5. The molecule has 0 saturated carbocycles. The van der Waals surface area contributed by atoms with Crippen molar-refractivity contribution in [2.45, 2.75) is 39.6 Å². The van der Waals surface area contributed by atoms with Gasteiger partial charge in [-0.1, -0.05) is 86.6 Å². The molecule has 0 heterocycles. The number of benzene rings is 4. The van der Waals surface area contributed by atoms with Crippen molar-refractivity contribution in [3.8, 4) is 11.5 Å². The van der Waals surface area contributed by atoms with Gasteiger partial charge in [-0.05, 0) is 46.4 Å². The molecule has 0 aliphatic carbocycles. The first-order chi connectivity index (χ1) is 20.4. The van der Waals surface area contributed by atoms with Crippen LogP contribution in [0.1, 0.15) is 47.6 Å². The number of primary amides is 1. The van der Waals surface area contributed by atoms with E-state index in [1.165, 1.54) is 0 Å². The minimum absolute atomic E-state index is 0.0508. The third-order valence-electron chi connectivity index (χ3n) is 6.20. The summed E-state index contributed by atoms with van der Waals surface area (Å²) < 4.78 is 17.2. The Labute approximate surface area is 245 Å². The number of nitrogens with two attached hydrogens (primary N) is 1. The van der Waals surface area contributed by atoms with E-state index in [1.54, 1.807) is 30.5 Å². The minimum atomic E-state index is -0.849. The summed E-state index contributed by atoms with van der Waals surface area (Å²) in [6.07, 6.45) is 0.703. The number of anilines is 1. The lowest BCUT2D eigenvalue weighted by molar-refractivity contribution is 0.150. The number of hydrogen-bond acceptors (Lipinski definition) is 6. The predicted molar refractivity (Wildman–Crippen MR) is 163 cm³/mol. The second-order valence-corrected chi connectivity index (χ2v) is 9.76. The van der Waals surface area contributed by atoms with Crippen LogP contribution in [0.15, 0.2) is 102 Å². The lowest BCUT2D eigenvalue weighted by Crippen LogP contribution is -2.24. The summed E-state index contributed by atoms with van der Waals surface area (Å²) in [6.45, 7) is 5.01. The average molecular weight is 567 g/mol. The monoisotopic (exact) mass is 566 g/mol. The van der Waals surface area contributed by atoms with E-state index in [2.05, 4.69) is 29.7 Å². The quantitative estimate of drug-likeness (QED) is 0.130. The Morgan fingerprint density at radius 2 is 1.36 bits per heavy atom. The van der Waals surface area contributed by atoms with Crippen molar-refractivity contribution in [3.63, 3.8) is 0 Å². The van der Waals surface area contributed by atoms with Crippen LogP contribution in [0.2, 0.25) is 0 Å². The third-order valence-corrected chi connectivity index (χ3v) is 6.20. The fourth-order valence-corrected chi connectivity index (χ4v) is 4.03. The molecule has 0 atom stereocenters. The lowest BCUT2D eigenvalue weighted by Gasteiger charge is -2.18. The normalized spacial score (nSPS) is 10.8. The summed E-state index contributed by atoms with van der Waals surface area (Å²) >= 11 is 0. The SMILES string of the molecule is CC(C)c1cc(C=NNC(=O)Nc2ccc(COC(N)=O)cc2)c(OCc2ccccc2)cc1OCc1ccccc1. The van der Waals surface area contributed by atoms with Gasteiger partial charge in [-0.25, -0.2) is 15.0 Å². The highest BCUT2D eigenvalue weighted by atomic mass is 16.5. The zero-order valence-electron chi connectivity index (χ0n) is 23.6. The molecule has 0 radical (unpaired) electrons. The maximum absolute atomic E-state index is 12.5. The van der Waals surface area contributed by atoms with Crippen molar-refractivity contribution in [3.05, 3.63) is 125 Å². The van der Waals surface area contributed by atoms with Crippen LogP contribution in [0.4, 0.5) is 15.3 Å². The molecule has 216 valence electrons. The van der Waals surface area contributed by atoms with Crippen molar-refractivity contribution in [1.29, 1.82) is 0 Å². The largest absolute Gasteiger partial charge is 0.488 e. The number of hydrogen-bond donors (Lipinski definition) is 3. The number of rotatable bonds is 12. The van der Waals surface area contributed by atoms with E-state index in [4.69, 9.17) is 19.9 Å². The fraction of sp³-hybridized carbons (Fsp3) is 0.182. The van der Waals surface area contributed by atoms with Gasteiger partial charge in [0, 0.05) is 17.3 Å². The molecule has 4 aromatic rings. The van der Waals surface area contributed by atoms with Crippen LogP contribution in [0.25, 0.3) is 0 Å². The van der Waals surface area contributed by atoms with Crippen molar-refractivity contribution >= 4 is 24.0 Å². The summed E-state index contributed by atoms with van der Waals surface area (Å²) in [4.78, 5) is 23.2. The van der Waals surface area contributed by atoms with Crippen molar-refractivity contribution < 1.29 is 23.8 Å². The highest BCUT2D eigenvalue weighted by Crippen LogP contribution is 2.34. The minimum Gasteiger partial charge on any atom is -0.488 e. The Morgan fingerprint density at radius 3 is 1.93 bits per heavy atom. The molecular weight excluding hydrogens is 532 g/mol. The van der Waals surface area contributed by atoms with E-state index in [9.17, 15) is 9.59 Å². The van der Waals surface area contributed by atoms with E-state index in [0.717, 1.165) is 28.0 Å². The molecule has 0 bridgehead atoms. The third kappa shape index (κ3) is 9.12. The first-order valence-corrected chi connectivity index (χ1v) is 13.5. The van der Waals surface area contributed by atoms with E-state index >= 15 is 0 Å². The van der Waals surface area contributed by atoms with Crippen molar-refractivity contribution in [2.24, 2.45) is 10.8 Å². The number of amides is 3. The first-order valence-electron chi connectivity index (χ1n) is 13.5. The number of urea groups is 1. The standard InChI is InChI=1S/C33H34N4O5/c1-23(2)29-17-27(19-35-37-33(39)36-28-15-13-26(14-16-28)22-42-32(34)38)30(40-20-24-9-5-3-6-10-24)18-31(29)41-21-25-11-7-4-8-12-25/h3-19,23H,20-22H2,1-2H3,(H2,34,38)(H2,36,37,39). The molecule has 9 heteroatoms. The Kier molecular flexibility index (Phi) is 10.5. The molecular formula is C33H34N4O5. The molecule has 0 spiro atoms. The van der Waals surface area contributed by atoms with E-state index in [0.29, 0.717) is 30.2 Å². The number of nitrogens with one attached hydrogen (secondary N) is 2. The van der Waals surface area contributed by atoms with Crippen LogP contribution in [0.5, 0.6) is 11.5 Å². The van der Waals surface area contributed by atoms with Gasteiger partial charge in [-0.15, -0.1) is 0 Å². The smallest absolute Gasteiger partial charge is 0.404 e. The number of hydrazone groups is 1. The summed E-state index contributed by atoms with van der Waals surface area (Å²) in [5.74, 6) is 1.47. The van der Waals surface area contributed by atoms with Gasteiger partial charge in [0.15, 0.2) is 0 Å². The van der Waals surface area contributed by atoms with Gasteiger partial charge in [0.05, 0.1) is 6.21 Å². The summed E-state index contributed by atoms with van der Waals surface area (Å²) in [7, 11) is 0. The van der Waals surface area contributed by atoms with Crippen LogP contribution >= 0.6 is 0 Å². The number of ether oxygens (including phenoxy) is 3. The Balaban J connectivity index is 1.48. The van der Waals surface area contributed by atoms with Gasteiger partial charge in [-0.2, -0.15) is 5.10 Å². The van der Waals surface area contributed by atoms with Crippen LogP contribution < -0.4 is 25.9 Å². The van der Waals surface area contributed by atoms with Crippen molar-refractivity contribution in [2.75, 3.05) is 5.32 Å². The summed E-state index contributed by atoms with van der Waals surface area (Å²) in [5, 5.41) is 6.87. The Bertz CT molecular complexity index is 1490. The van der Waals surface area contributed by atoms with Gasteiger partial charge in [0.25, 0.3) is 0 Å². The van der Waals surface area contributed by atoms with Gasteiger partial charge in [-0.3, -0.25) is 0 Å². The molecule has 0 fully saturated rings. The second kappa shape index (κ2) is 14.9. The van der Waals surface area contributed by atoms with Gasteiger partial charge in [0.1, 0.15) is 31.3 Å². The zero-order chi connectivity index (χ0) is 29.7. The van der Waals surface area contributed by atoms with E-state index in [-0.39, 0.29) is 12.5 Å². The van der Waals surface area contributed by atoms with Crippen molar-refractivity contribution in [1.82, 2.24) is 5.43 Å². The van der Waals surface area contributed by atoms with Crippen LogP contribution in [-0.2, 0) is 24.6 Å². The summed E-state index contributed by atoms with van der Waals surface area (Å²) in [5.41, 5.74) is 12.5. The molecule has 0 unspecified atom stereocenters. The molecule has 4 aromatic carbocycles. The van der Waals surface area contributed by atoms with Crippen LogP contribution in [0, 0.1) is 0 Å². The lowest BCUT2D eigenvalue weighted by atomic mass is 9.99. The molecule has 0 aromatic heterocycles. The molecule has 0 saturated heterocycles. The first kappa shape index (κ1) is 29.7. The molecule has 9 nitrogen and oxygen atoms in total. The average Bonchev–Trinajstić information content (AvgIpc) is 3.00. The van der Waals surface area contributed by atoms with Gasteiger partial charge < -0.3 is 25.3 Å². The molecule has 4 rings (SSSR count). The number of carbonyl (C=O) groups excluding carboxylic acids is 2. The molecule has 4 N–H and O–H groups in total. The topological polar surface area (TPSA) is 124 Å².